The summed E-state index contributed by atoms with van der Waals surface area (Å²) in [7, 11) is 0. The summed E-state index contributed by atoms with van der Waals surface area (Å²) >= 11 is 0. The minimum absolute atomic E-state index is 1.11. The van der Waals surface area contributed by atoms with Crippen LogP contribution in [0.3, 0.4) is 0 Å². The lowest BCUT2D eigenvalue weighted by atomic mass is 9.90. The number of para-hydroxylation sites is 3. The zero-order chi connectivity index (χ0) is 41.0. The van der Waals surface area contributed by atoms with E-state index in [-0.39, 0.29) is 0 Å². The van der Waals surface area contributed by atoms with Gasteiger partial charge in [0, 0.05) is 33.6 Å². The fourth-order valence-corrected chi connectivity index (χ4v) is 9.68. The number of rotatable bonds is 5. The summed E-state index contributed by atoms with van der Waals surface area (Å²) < 4.78 is 0. The molecule has 62 heavy (non-hydrogen) atoms. The number of benzene rings is 10. The summed E-state index contributed by atoms with van der Waals surface area (Å²) in [5, 5.41) is 0. The Morgan fingerprint density at radius 3 is 0.968 bits per heavy atom. The van der Waals surface area contributed by atoms with Gasteiger partial charge in [0.2, 0.25) is 0 Å². The van der Waals surface area contributed by atoms with Crippen molar-refractivity contribution < 1.29 is 0 Å². The van der Waals surface area contributed by atoms with E-state index < -0.39 is 0 Å². The zero-order valence-corrected chi connectivity index (χ0v) is 34.0. The Hall–Kier alpha value is -8.20. The predicted molar refractivity (Wildman–Crippen MR) is 261 cm³/mol. The first kappa shape index (κ1) is 35.7. The highest BCUT2D eigenvalue weighted by atomic mass is 15.2. The van der Waals surface area contributed by atoms with Crippen molar-refractivity contribution in [2.45, 2.75) is 0 Å². The Labute approximate surface area is 362 Å². The minimum Gasteiger partial charge on any atom is -0.309 e. The molecule has 290 valence electrons. The molecule has 12 rings (SSSR count). The smallest absolute Gasteiger partial charge is 0.0540 e. The van der Waals surface area contributed by atoms with Gasteiger partial charge < -0.3 is 9.80 Å². The lowest BCUT2D eigenvalue weighted by Gasteiger charge is -2.29. The normalized spacial score (nSPS) is 12.1. The lowest BCUT2D eigenvalue weighted by Crippen LogP contribution is -2.11. The highest BCUT2D eigenvalue weighted by Crippen LogP contribution is 2.54. The van der Waals surface area contributed by atoms with Gasteiger partial charge in [-0.15, -0.1) is 0 Å². The molecule has 2 aliphatic rings. The van der Waals surface area contributed by atoms with Crippen LogP contribution in [0.1, 0.15) is 0 Å². The molecule has 0 amide bonds. The van der Waals surface area contributed by atoms with Gasteiger partial charge in [0.05, 0.1) is 22.7 Å². The van der Waals surface area contributed by atoms with E-state index in [1.54, 1.807) is 0 Å². The molecule has 0 saturated heterocycles. The second kappa shape index (κ2) is 14.8. The van der Waals surface area contributed by atoms with E-state index in [9.17, 15) is 0 Å². The van der Waals surface area contributed by atoms with Crippen LogP contribution < -0.4 is 9.80 Å². The van der Waals surface area contributed by atoms with E-state index in [0.717, 1.165) is 28.4 Å². The van der Waals surface area contributed by atoms with Gasteiger partial charge in [0.25, 0.3) is 0 Å². The molecule has 10 aromatic rings. The van der Waals surface area contributed by atoms with Crippen molar-refractivity contribution in [1.82, 2.24) is 0 Å². The maximum absolute atomic E-state index is 2.48. The van der Waals surface area contributed by atoms with Crippen LogP contribution in [0.4, 0.5) is 34.1 Å². The van der Waals surface area contributed by atoms with E-state index >= 15 is 0 Å². The summed E-state index contributed by atoms with van der Waals surface area (Å²) in [5.74, 6) is 0. The maximum atomic E-state index is 2.48. The molecule has 0 aliphatic carbocycles. The van der Waals surface area contributed by atoms with E-state index in [4.69, 9.17) is 0 Å². The molecule has 0 N–H and O–H groups in total. The third-order valence-electron chi connectivity index (χ3n) is 12.5. The highest BCUT2D eigenvalue weighted by Gasteiger charge is 2.29. The number of anilines is 6. The van der Waals surface area contributed by atoms with Crippen molar-refractivity contribution in [3.05, 3.63) is 243 Å². The molecule has 0 atom stereocenters. The third-order valence-corrected chi connectivity index (χ3v) is 12.5. The van der Waals surface area contributed by atoms with Crippen molar-refractivity contribution in [2.75, 3.05) is 9.80 Å². The standard InChI is InChI=1S/C60H40N2/c1-4-18-41(19-5-1)45-36-46(42-20-6-2-7-21-42)38-48(37-45)62-58-31-17-15-29-54(58)50-25-11-13-27-52(50)56-40-44(33-35-60(56)62)43-32-34-59-55(39-43)51-26-12-10-24-49(51)53-28-14-16-30-57(53)61(59)47-22-8-3-9-23-47/h1-40H. The molecule has 0 unspecified atom stereocenters. The molecule has 2 heterocycles. The molecule has 2 nitrogen and oxygen atoms in total. The number of hydrogen-bond acceptors (Lipinski definition) is 2. The summed E-state index contributed by atoms with van der Waals surface area (Å²) in [4.78, 5) is 4.90. The van der Waals surface area contributed by atoms with Crippen LogP contribution in [-0.4, -0.2) is 0 Å². The summed E-state index contributed by atoms with van der Waals surface area (Å²) in [5.41, 5.74) is 23.6. The van der Waals surface area contributed by atoms with Gasteiger partial charge in [0.1, 0.15) is 0 Å². The SMILES string of the molecule is c1ccc(-c2cc(-c3ccccc3)cc(N3c4ccccc4-c4ccccc4-c4cc(-c5ccc6c(c5)-c5ccccc5-c5ccccc5N6c5ccccc5)ccc43)c2)cc1. The van der Waals surface area contributed by atoms with Gasteiger partial charge in [-0.3, -0.25) is 0 Å². The molecule has 0 fully saturated rings. The minimum atomic E-state index is 1.11. The molecule has 0 spiro atoms. The van der Waals surface area contributed by atoms with Crippen molar-refractivity contribution >= 4 is 34.1 Å². The first-order chi connectivity index (χ1) is 30.8. The van der Waals surface area contributed by atoms with Crippen molar-refractivity contribution in [2.24, 2.45) is 0 Å². The molecule has 2 heteroatoms. The van der Waals surface area contributed by atoms with E-state index in [1.807, 2.05) is 0 Å². The molecule has 0 aromatic heterocycles. The second-order valence-electron chi connectivity index (χ2n) is 16.1. The molecule has 0 radical (unpaired) electrons. The van der Waals surface area contributed by atoms with Gasteiger partial charge in [0.15, 0.2) is 0 Å². The van der Waals surface area contributed by atoms with Crippen LogP contribution in [0.15, 0.2) is 243 Å². The van der Waals surface area contributed by atoms with Gasteiger partial charge in [-0.2, -0.15) is 0 Å². The van der Waals surface area contributed by atoms with Crippen molar-refractivity contribution in [3.63, 3.8) is 0 Å². The predicted octanol–water partition coefficient (Wildman–Crippen LogP) is 16.9. The molecule has 2 aliphatic heterocycles. The summed E-state index contributed by atoms with van der Waals surface area (Å²) in [6, 6.07) is 88.8. The average Bonchev–Trinajstić information content (AvgIpc) is 3.56. The summed E-state index contributed by atoms with van der Waals surface area (Å²) in [6.45, 7) is 0. The first-order valence-corrected chi connectivity index (χ1v) is 21.3. The van der Waals surface area contributed by atoms with Crippen molar-refractivity contribution in [3.8, 4) is 77.9 Å². The van der Waals surface area contributed by atoms with Gasteiger partial charge in [-0.05, 0) is 122 Å². The van der Waals surface area contributed by atoms with Crippen molar-refractivity contribution in [1.29, 1.82) is 0 Å². The molecule has 10 aromatic carbocycles. The zero-order valence-electron chi connectivity index (χ0n) is 34.0. The molecular weight excluding hydrogens is 749 g/mol. The number of nitrogens with zero attached hydrogens (tertiary/aromatic N) is 2. The van der Waals surface area contributed by atoms with E-state index in [0.29, 0.717) is 0 Å². The Morgan fingerprint density at radius 2 is 0.516 bits per heavy atom. The number of hydrogen-bond donors (Lipinski definition) is 0. The van der Waals surface area contributed by atoms with Gasteiger partial charge >= 0.3 is 0 Å². The first-order valence-electron chi connectivity index (χ1n) is 21.3. The Kier molecular flexibility index (Phi) is 8.53. The van der Waals surface area contributed by atoms with E-state index in [1.165, 1.54) is 83.6 Å². The average molecular weight is 789 g/mol. The van der Waals surface area contributed by atoms with E-state index in [2.05, 4.69) is 252 Å². The van der Waals surface area contributed by atoms with Gasteiger partial charge in [-0.25, -0.2) is 0 Å². The Morgan fingerprint density at radius 1 is 0.177 bits per heavy atom. The van der Waals surface area contributed by atoms with Gasteiger partial charge in [-0.1, -0.05) is 176 Å². The molecular formula is C60H40N2. The third kappa shape index (κ3) is 5.96. The number of fused-ring (bicyclic) bond motifs is 10. The Balaban J connectivity index is 1.08. The fourth-order valence-electron chi connectivity index (χ4n) is 9.68. The topological polar surface area (TPSA) is 6.48 Å². The lowest BCUT2D eigenvalue weighted by molar-refractivity contribution is 1.29. The Bertz CT molecular complexity index is 3240. The van der Waals surface area contributed by atoms with Crippen LogP contribution in [0.25, 0.3) is 77.9 Å². The summed E-state index contributed by atoms with van der Waals surface area (Å²) in [6.07, 6.45) is 0. The largest absolute Gasteiger partial charge is 0.309 e. The van der Waals surface area contributed by atoms with Crippen LogP contribution in [-0.2, 0) is 0 Å². The highest BCUT2D eigenvalue weighted by molar-refractivity contribution is 6.06. The van der Waals surface area contributed by atoms with Crippen LogP contribution >= 0.6 is 0 Å². The maximum Gasteiger partial charge on any atom is 0.0540 e. The quantitative estimate of drug-likeness (QED) is 0.171. The fraction of sp³-hybridized carbons (Fsp3) is 0. The monoisotopic (exact) mass is 788 g/mol. The van der Waals surface area contributed by atoms with Crippen LogP contribution in [0.5, 0.6) is 0 Å². The van der Waals surface area contributed by atoms with Crippen LogP contribution in [0, 0.1) is 0 Å². The molecule has 0 bridgehead atoms. The second-order valence-corrected chi connectivity index (χ2v) is 16.1. The molecule has 0 saturated carbocycles. The van der Waals surface area contributed by atoms with Crippen LogP contribution in [0.2, 0.25) is 0 Å².